The van der Waals surface area contributed by atoms with Crippen LogP contribution in [0.15, 0.2) is 12.1 Å². The Hall–Kier alpha value is -2.15. The fourth-order valence-electron chi connectivity index (χ4n) is 2.48. The Morgan fingerprint density at radius 3 is 2.60 bits per heavy atom. The van der Waals surface area contributed by atoms with E-state index >= 15 is 0 Å². The molecule has 7 heteroatoms. The molecule has 0 amide bonds. The Labute approximate surface area is 115 Å². The summed E-state index contributed by atoms with van der Waals surface area (Å²) in [6.45, 7) is 4.14. The molecule has 2 N–H and O–H groups in total. The van der Waals surface area contributed by atoms with Gasteiger partial charge in [0.05, 0.1) is 21.7 Å². The summed E-state index contributed by atoms with van der Waals surface area (Å²) in [5, 5.41) is 30.1. The molecule has 108 valence electrons. The topological polar surface area (TPSA) is 104 Å². The van der Waals surface area contributed by atoms with Gasteiger partial charge in [-0.15, -0.1) is 0 Å². The van der Waals surface area contributed by atoms with Crippen molar-refractivity contribution >= 4 is 17.3 Å². The van der Waals surface area contributed by atoms with Crippen LogP contribution in [0.4, 0.5) is 11.4 Å². The number of aliphatic hydroxyl groups is 1. The summed E-state index contributed by atoms with van der Waals surface area (Å²) in [6, 6.07) is 2.49. The van der Waals surface area contributed by atoms with Crippen molar-refractivity contribution in [1.82, 2.24) is 0 Å². The molecule has 2 rings (SSSR count). The summed E-state index contributed by atoms with van der Waals surface area (Å²) in [4.78, 5) is 23.3. The number of β-amino-alcohol motifs (C(OH)–C–C–N with tert-alkyl or cyclic N) is 1. The van der Waals surface area contributed by atoms with Gasteiger partial charge in [-0.05, 0) is 26.3 Å². The number of benzene rings is 1. The number of rotatable bonds is 3. The molecule has 0 saturated carbocycles. The van der Waals surface area contributed by atoms with Crippen molar-refractivity contribution in [2.75, 3.05) is 18.0 Å². The number of aromatic carboxylic acids is 1. The second kappa shape index (κ2) is 4.75. The third-order valence-electron chi connectivity index (χ3n) is 3.59. The normalized spacial score (nSPS) is 22.1. The fourth-order valence-corrected chi connectivity index (χ4v) is 2.48. The van der Waals surface area contributed by atoms with Crippen LogP contribution in [-0.4, -0.2) is 39.8 Å². The third kappa shape index (κ3) is 2.57. The van der Waals surface area contributed by atoms with E-state index in [1.165, 1.54) is 6.07 Å². The van der Waals surface area contributed by atoms with Gasteiger partial charge in [-0.25, -0.2) is 4.79 Å². The molecule has 1 heterocycles. The molecule has 1 atom stereocenters. The molecule has 0 radical (unpaired) electrons. The SMILES string of the molecule is Cc1c(N2CCC(C)(O)C2)cc(C(=O)O)cc1[N+](=O)[O-]. The molecule has 1 fully saturated rings. The van der Waals surface area contributed by atoms with Crippen LogP contribution in [-0.2, 0) is 0 Å². The molecule has 0 aliphatic carbocycles. The molecule has 1 aromatic carbocycles. The Morgan fingerprint density at radius 1 is 1.50 bits per heavy atom. The third-order valence-corrected chi connectivity index (χ3v) is 3.59. The number of hydrogen-bond acceptors (Lipinski definition) is 5. The average Bonchev–Trinajstić information content (AvgIpc) is 2.69. The van der Waals surface area contributed by atoms with Gasteiger partial charge < -0.3 is 15.1 Å². The Balaban J connectivity index is 2.52. The van der Waals surface area contributed by atoms with Crippen molar-refractivity contribution in [3.8, 4) is 0 Å². The molecule has 1 aliphatic rings. The highest BCUT2D eigenvalue weighted by Gasteiger charge is 2.33. The molecule has 1 aliphatic heterocycles. The van der Waals surface area contributed by atoms with Gasteiger partial charge in [0.25, 0.3) is 5.69 Å². The van der Waals surface area contributed by atoms with E-state index in [0.717, 1.165) is 6.07 Å². The zero-order chi connectivity index (χ0) is 15.1. The number of nitro benzene ring substituents is 1. The van der Waals surface area contributed by atoms with Gasteiger partial charge in [0, 0.05) is 24.8 Å². The van der Waals surface area contributed by atoms with Gasteiger partial charge in [-0.2, -0.15) is 0 Å². The predicted octanol–water partition coefficient (Wildman–Crippen LogP) is 1.56. The molecule has 20 heavy (non-hydrogen) atoms. The smallest absolute Gasteiger partial charge is 0.336 e. The van der Waals surface area contributed by atoms with E-state index in [9.17, 15) is 20.0 Å². The molecule has 1 unspecified atom stereocenters. The lowest BCUT2D eigenvalue weighted by atomic mass is 10.1. The highest BCUT2D eigenvalue weighted by Crippen LogP contribution is 2.34. The number of carbonyl (C=O) groups is 1. The number of carboxylic acids is 1. The number of hydrogen-bond donors (Lipinski definition) is 2. The highest BCUT2D eigenvalue weighted by molar-refractivity contribution is 5.90. The summed E-state index contributed by atoms with van der Waals surface area (Å²) in [6.07, 6.45) is 0.539. The Bertz CT molecular complexity index is 582. The van der Waals surface area contributed by atoms with Crippen LogP contribution in [0.2, 0.25) is 0 Å². The minimum absolute atomic E-state index is 0.121. The van der Waals surface area contributed by atoms with Gasteiger partial charge in [-0.1, -0.05) is 0 Å². The first-order valence-corrected chi connectivity index (χ1v) is 6.21. The van der Waals surface area contributed by atoms with Crippen LogP contribution in [0.3, 0.4) is 0 Å². The van der Waals surface area contributed by atoms with Crippen molar-refractivity contribution in [2.45, 2.75) is 25.9 Å². The molecule has 0 spiro atoms. The molecule has 1 aromatic rings. The van der Waals surface area contributed by atoms with Gasteiger partial charge in [0.1, 0.15) is 0 Å². The molecule has 1 saturated heterocycles. The lowest BCUT2D eigenvalue weighted by molar-refractivity contribution is -0.385. The van der Waals surface area contributed by atoms with Crippen molar-refractivity contribution in [3.05, 3.63) is 33.4 Å². The first kappa shape index (κ1) is 14.3. The minimum atomic E-state index is -1.21. The van der Waals surface area contributed by atoms with Crippen molar-refractivity contribution in [3.63, 3.8) is 0 Å². The Morgan fingerprint density at radius 2 is 2.15 bits per heavy atom. The molecular formula is C13H16N2O5. The van der Waals surface area contributed by atoms with Crippen molar-refractivity contribution < 1.29 is 19.9 Å². The molecule has 0 aromatic heterocycles. The van der Waals surface area contributed by atoms with Gasteiger partial charge in [-0.3, -0.25) is 10.1 Å². The molecular weight excluding hydrogens is 264 g/mol. The molecule has 7 nitrogen and oxygen atoms in total. The van der Waals surface area contributed by atoms with Crippen LogP contribution in [0, 0.1) is 17.0 Å². The van der Waals surface area contributed by atoms with Crippen LogP contribution < -0.4 is 4.90 Å². The first-order chi connectivity index (χ1) is 9.21. The maximum absolute atomic E-state index is 11.1. The zero-order valence-electron chi connectivity index (χ0n) is 11.3. The maximum Gasteiger partial charge on any atom is 0.336 e. The Kier molecular flexibility index (Phi) is 3.39. The minimum Gasteiger partial charge on any atom is -0.478 e. The second-order valence-corrected chi connectivity index (χ2v) is 5.37. The summed E-state index contributed by atoms with van der Waals surface area (Å²) in [5.74, 6) is -1.21. The second-order valence-electron chi connectivity index (χ2n) is 5.37. The molecule has 0 bridgehead atoms. The monoisotopic (exact) mass is 280 g/mol. The summed E-state index contributed by atoms with van der Waals surface area (Å²) >= 11 is 0. The van der Waals surface area contributed by atoms with E-state index in [1.807, 2.05) is 0 Å². The van der Waals surface area contributed by atoms with E-state index in [-0.39, 0.29) is 11.3 Å². The van der Waals surface area contributed by atoms with Gasteiger partial charge >= 0.3 is 5.97 Å². The maximum atomic E-state index is 11.1. The highest BCUT2D eigenvalue weighted by atomic mass is 16.6. The summed E-state index contributed by atoms with van der Waals surface area (Å²) < 4.78 is 0. The lowest BCUT2D eigenvalue weighted by Crippen LogP contribution is -2.30. The van der Waals surface area contributed by atoms with Gasteiger partial charge in [0.2, 0.25) is 0 Å². The van der Waals surface area contributed by atoms with Crippen molar-refractivity contribution in [2.24, 2.45) is 0 Å². The summed E-state index contributed by atoms with van der Waals surface area (Å²) in [7, 11) is 0. The van der Waals surface area contributed by atoms with E-state index in [4.69, 9.17) is 5.11 Å². The number of nitrogens with zero attached hydrogens (tertiary/aromatic N) is 2. The average molecular weight is 280 g/mol. The summed E-state index contributed by atoms with van der Waals surface area (Å²) in [5.41, 5.74) is -0.289. The van der Waals surface area contributed by atoms with Crippen LogP contribution >= 0.6 is 0 Å². The lowest BCUT2D eigenvalue weighted by Gasteiger charge is -2.23. The zero-order valence-corrected chi connectivity index (χ0v) is 11.3. The standard InChI is InChI=1S/C13H16N2O5/c1-8-10(14-4-3-13(2,18)7-14)5-9(12(16)17)6-11(8)15(19)20/h5-6,18H,3-4,7H2,1-2H3,(H,16,17). The van der Waals surface area contributed by atoms with Crippen molar-refractivity contribution in [1.29, 1.82) is 0 Å². The number of nitro groups is 1. The number of carboxylic acid groups (broad SMARTS) is 1. The predicted molar refractivity (Wildman–Crippen MR) is 72.2 cm³/mol. The van der Waals surface area contributed by atoms with Crippen LogP contribution in [0.1, 0.15) is 29.3 Å². The number of anilines is 1. The first-order valence-electron chi connectivity index (χ1n) is 6.21. The van der Waals surface area contributed by atoms with Gasteiger partial charge in [0.15, 0.2) is 0 Å². The van der Waals surface area contributed by atoms with E-state index in [2.05, 4.69) is 0 Å². The van der Waals surface area contributed by atoms with E-state index < -0.39 is 16.5 Å². The largest absolute Gasteiger partial charge is 0.478 e. The fraction of sp³-hybridized carbons (Fsp3) is 0.462. The quantitative estimate of drug-likeness (QED) is 0.643. The van der Waals surface area contributed by atoms with E-state index in [0.29, 0.717) is 30.8 Å². The van der Waals surface area contributed by atoms with Crippen LogP contribution in [0.5, 0.6) is 0 Å². The van der Waals surface area contributed by atoms with Crippen LogP contribution in [0.25, 0.3) is 0 Å². The van der Waals surface area contributed by atoms with E-state index in [1.54, 1.807) is 18.7 Å².